The van der Waals surface area contributed by atoms with E-state index in [0.29, 0.717) is 0 Å². The Kier molecular flexibility index (Phi) is 14.1. The minimum atomic E-state index is 0. The van der Waals surface area contributed by atoms with Gasteiger partial charge in [0.25, 0.3) is 0 Å². The third kappa shape index (κ3) is 10.8. The summed E-state index contributed by atoms with van der Waals surface area (Å²) < 4.78 is 0. The van der Waals surface area contributed by atoms with Gasteiger partial charge in [0.05, 0.1) is 6.26 Å². The van der Waals surface area contributed by atoms with Crippen LogP contribution in [0.4, 0.5) is 0 Å². The molecule has 0 saturated heterocycles. The van der Waals surface area contributed by atoms with Crippen LogP contribution in [0.25, 0.3) is 0 Å². The van der Waals surface area contributed by atoms with Crippen LogP contribution in [-0.4, -0.2) is 17.8 Å². The second kappa shape index (κ2) is 10.8. The lowest BCUT2D eigenvalue weighted by Crippen LogP contribution is -3.00. The van der Waals surface area contributed by atoms with Crippen molar-refractivity contribution in [2.24, 2.45) is 0 Å². The lowest BCUT2D eigenvalue weighted by Gasteiger charge is -2.00. The summed E-state index contributed by atoms with van der Waals surface area (Å²) >= 11 is 0. The minimum absolute atomic E-state index is 0. The van der Waals surface area contributed by atoms with E-state index in [2.05, 4.69) is 20.1 Å². The van der Waals surface area contributed by atoms with E-state index in [4.69, 9.17) is 0 Å². The Hall–Kier alpha value is 0.830. The van der Waals surface area contributed by atoms with E-state index in [9.17, 15) is 0 Å². The van der Waals surface area contributed by atoms with Gasteiger partial charge in [0.15, 0.2) is 0 Å². The van der Waals surface area contributed by atoms with Gasteiger partial charge in [0, 0.05) is 0 Å². The standard InChI is InChI=1S/C9H21S.BrH/c1-4-6-8-10(3)9-7-5-2;/h4-9H2,1-3H3;1H/q+1;/p-1. The van der Waals surface area contributed by atoms with Gasteiger partial charge in [-0.2, -0.15) is 0 Å². The average molecular weight is 241 g/mol. The summed E-state index contributed by atoms with van der Waals surface area (Å²) in [4.78, 5) is 0. The van der Waals surface area contributed by atoms with Crippen LogP contribution in [0.3, 0.4) is 0 Å². The van der Waals surface area contributed by atoms with Crippen LogP contribution >= 0.6 is 0 Å². The van der Waals surface area contributed by atoms with Crippen LogP contribution in [0.15, 0.2) is 0 Å². The van der Waals surface area contributed by atoms with Gasteiger partial charge >= 0.3 is 0 Å². The van der Waals surface area contributed by atoms with Gasteiger partial charge < -0.3 is 17.0 Å². The summed E-state index contributed by atoms with van der Waals surface area (Å²) in [6.45, 7) is 4.55. The van der Waals surface area contributed by atoms with E-state index in [1.54, 1.807) is 0 Å². The van der Waals surface area contributed by atoms with Gasteiger partial charge in [-0.15, -0.1) is 0 Å². The summed E-state index contributed by atoms with van der Waals surface area (Å²) in [5.41, 5.74) is 0. The molecule has 70 valence electrons. The molecule has 0 spiro atoms. The number of halogens is 1. The number of hydrogen-bond acceptors (Lipinski definition) is 0. The molecule has 0 aromatic carbocycles. The molecule has 0 amide bonds. The SMILES string of the molecule is CCCC[S+](C)CCCC.[Br-]. The Labute approximate surface area is 85.3 Å². The molecule has 0 aromatic rings. The topological polar surface area (TPSA) is 0 Å². The lowest BCUT2D eigenvalue weighted by molar-refractivity contribution is -0.00000238. The first-order valence-electron chi connectivity index (χ1n) is 4.40. The maximum absolute atomic E-state index is 2.41. The Morgan fingerprint density at radius 1 is 0.909 bits per heavy atom. The highest BCUT2D eigenvalue weighted by Crippen LogP contribution is 2.01. The molecular formula is C9H21BrS. The number of hydrogen-bond donors (Lipinski definition) is 0. The van der Waals surface area contributed by atoms with Crippen molar-refractivity contribution in [1.29, 1.82) is 0 Å². The van der Waals surface area contributed by atoms with Gasteiger partial charge in [0.1, 0.15) is 11.5 Å². The van der Waals surface area contributed by atoms with Gasteiger partial charge in [0.2, 0.25) is 0 Å². The first-order valence-corrected chi connectivity index (χ1v) is 6.37. The zero-order valence-electron chi connectivity index (χ0n) is 8.03. The zero-order valence-corrected chi connectivity index (χ0v) is 10.4. The van der Waals surface area contributed by atoms with Crippen LogP contribution < -0.4 is 17.0 Å². The molecule has 0 bridgehead atoms. The minimum Gasteiger partial charge on any atom is -1.00 e. The van der Waals surface area contributed by atoms with E-state index in [1.807, 2.05) is 0 Å². The van der Waals surface area contributed by atoms with Crippen LogP contribution in [0.5, 0.6) is 0 Å². The van der Waals surface area contributed by atoms with Crippen molar-refractivity contribution in [1.82, 2.24) is 0 Å². The molecule has 0 saturated carbocycles. The van der Waals surface area contributed by atoms with Crippen molar-refractivity contribution in [3.63, 3.8) is 0 Å². The summed E-state index contributed by atoms with van der Waals surface area (Å²) in [5.74, 6) is 2.94. The predicted molar refractivity (Wildman–Crippen MR) is 52.8 cm³/mol. The summed E-state index contributed by atoms with van der Waals surface area (Å²) in [5, 5.41) is 0. The molecular weight excluding hydrogens is 220 g/mol. The van der Waals surface area contributed by atoms with Crippen molar-refractivity contribution < 1.29 is 17.0 Å². The molecule has 0 rings (SSSR count). The Morgan fingerprint density at radius 2 is 1.27 bits per heavy atom. The average Bonchev–Trinajstić information content (AvgIpc) is 1.97. The molecule has 11 heavy (non-hydrogen) atoms. The second-order valence-corrected chi connectivity index (χ2v) is 5.28. The normalized spacial score (nSPS) is 9.82. The Balaban J connectivity index is 0. The highest BCUT2D eigenvalue weighted by Gasteiger charge is 2.07. The van der Waals surface area contributed by atoms with Crippen molar-refractivity contribution in [3.05, 3.63) is 0 Å². The smallest absolute Gasteiger partial charge is 0.107 e. The molecule has 0 N–H and O–H groups in total. The molecule has 0 fully saturated rings. The first-order chi connectivity index (χ1) is 4.81. The third-order valence-corrected chi connectivity index (χ3v) is 3.66. The van der Waals surface area contributed by atoms with E-state index < -0.39 is 0 Å². The summed E-state index contributed by atoms with van der Waals surface area (Å²) in [6.07, 6.45) is 8.00. The van der Waals surface area contributed by atoms with Gasteiger partial charge in [-0.25, -0.2) is 0 Å². The highest BCUT2D eigenvalue weighted by atomic mass is 79.9. The molecule has 0 aliphatic carbocycles. The van der Waals surface area contributed by atoms with Crippen LogP contribution in [0, 0.1) is 0 Å². The third-order valence-electron chi connectivity index (χ3n) is 1.69. The van der Waals surface area contributed by atoms with Gasteiger partial charge in [-0.3, -0.25) is 0 Å². The Bertz CT molecular complexity index is 58.6. The zero-order chi connectivity index (χ0) is 7.82. The van der Waals surface area contributed by atoms with E-state index >= 15 is 0 Å². The van der Waals surface area contributed by atoms with Crippen LogP contribution in [0.2, 0.25) is 0 Å². The van der Waals surface area contributed by atoms with Crippen molar-refractivity contribution in [2.75, 3.05) is 17.8 Å². The molecule has 0 unspecified atom stereocenters. The van der Waals surface area contributed by atoms with Crippen LogP contribution in [0.1, 0.15) is 39.5 Å². The molecule has 0 nitrogen and oxygen atoms in total. The van der Waals surface area contributed by atoms with Gasteiger partial charge in [-0.1, -0.05) is 26.7 Å². The quantitative estimate of drug-likeness (QED) is 0.567. The van der Waals surface area contributed by atoms with Crippen LogP contribution in [-0.2, 0) is 10.9 Å². The summed E-state index contributed by atoms with van der Waals surface area (Å²) in [6, 6.07) is 0. The second-order valence-electron chi connectivity index (χ2n) is 2.90. The maximum atomic E-state index is 2.41. The van der Waals surface area contributed by atoms with Crippen molar-refractivity contribution in [2.45, 2.75) is 39.5 Å². The molecule has 2 heteroatoms. The molecule has 0 aromatic heterocycles. The highest BCUT2D eigenvalue weighted by molar-refractivity contribution is 7.96. The van der Waals surface area contributed by atoms with Gasteiger partial charge in [-0.05, 0) is 23.7 Å². The largest absolute Gasteiger partial charge is 1.00 e. The fourth-order valence-electron chi connectivity index (χ4n) is 0.884. The molecule has 0 aliphatic heterocycles. The number of unbranched alkanes of at least 4 members (excludes halogenated alkanes) is 2. The first kappa shape index (κ1) is 14.4. The number of rotatable bonds is 6. The van der Waals surface area contributed by atoms with E-state index in [1.165, 1.54) is 37.2 Å². The maximum Gasteiger partial charge on any atom is 0.107 e. The lowest BCUT2D eigenvalue weighted by atomic mass is 10.4. The fraction of sp³-hybridized carbons (Fsp3) is 1.00. The van der Waals surface area contributed by atoms with E-state index in [-0.39, 0.29) is 17.0 Å². The van der Waals surface area contributed by atoms with E-state index in [0.717, 1.165) is 10.9 Å². The van der Waals surface area contributed by atoms with Crippen molar-refractivity contribution >= 4 is 10.9 Å². The predicted octanol–water partition coefficient (Wildman–Crippen LogP) is -0.161. The summed E-state index contributed by atoms with van der Waals surface area (Å²) in [7, 11) is 0.730. The monoisotopic (exact) mass is 240 g/mol. The molecule has 0 heterocycles. The Morgan fingerprint density at radius 3 is 1.55 bits per heavy atom. The molecule has 0 atom stereocenters. The fourth-order valence-corrected chi connectivity index (χ4v) is 2.65. The molecule has 0 radical (unpaired) electrons. The van der Waals surface area contributed by atoms with Crippen molar-refractivity contribution in [3.8, 4) is 0 Å². The molecule has 0 aliphatic rings.